The molecule has 0 saturated carbocycles. The van der Waals surface area contributed by atoms with E-state index in [1.54, 1.807) is 11.8 Å². The topological polar surface area (TPSA) is 9.23 Å². The lowest BCUT2D eigenvalue weighted by atomic mass is 10.2. The van der Waals surface area contributed by atoms with Gasteiger partial charge in [0.1, 0.15) is 11.6 Å². The van der Waals surface area contributed by atoms with Crippen LogP contribution in [0.3, 0.4) is 0 Å². The normalized spacial score (nSPS) is 10.3. The molecule has 0 radical (unpaired) electrons. The number of para-hydroxylation sites is 1. The molecule has 2 aromatic rings. The Morgan fingerprint density at radius 1 is 0.944 bits per heavy atom. The zero-order valence-corrected chi connectivity index (χ0v) is 10.8. The molecular weight excluding hydrogens is 247 g/mol. The van der Waals surface area contributed by atoms with Crippen LogP contribution in [0.25, 0.3) is 0 Å². The van der Waals surface area contributed by atoms with E-state index < -0.39 is 0 Å². The van der Waals surface area contributed by atoms with Crippen molar-refractivity contribution in [1.29, 1.82) is 0 Å². The van der Waals surface area contributed by atoms with E-state index in [2.05, 4.69) is 0 Å². The number of hydrogen-bond donors (Lipinski definition) is 0. The highest BCUT2D eigenvalue weighted by Crippen LogP contribution is 2.14. The number of benzene rings is 2. The molecule has 0 atom stereocenters. The Hall–Kier alpha value is -1.48. The average molecular weight is 262 g/mol. The van der Waals surface area contributed by atoms with E-state index in [4.69, 9.17) is 4.74 Å². The molecule has 0 amide bonds. The van der Waals surface area contributed by atoms with Crippen molar-refractivity contribution in [3.63, 3.8) is 0 Å². The van der Waals surface area contributed by atoms with Crippen LogP contribution in [-0.4, -0.2) is 12.4 Å². The van der Waals surface area contributed by atoms with Crippen LogP contribution in [-0.2, 0) is 5.75 Å². The molecule has 0 unspecified atom stereocenters. The highest BCUT2D eigenvalue weighted by atomic mass is 32.2. The van der Waals surface area contributed by atoms with Crippen molar-refractivity contribution in [2.24, 2.45) is 0 Å². The Bertz CT molecular complexity index is 456. The summed E-state index contributed by atoms with van der Waals surface area (Å²) in [5, 5.41) is 0. The quantitative estimate of drug-likeness (QED) is 0.724. The lowest BCUT2D eigenvalue weighted by Crippen LogP contribution is -2.00. The van der Waals surface area contributed by atoms with Crippen molar-refractivity contribution >= 4 is 11.8 Å². The summed E-state index contributed by atoms with van der Waals surface area (Å²) >= 11 is 1.78. The zero-order chi connectivity index (χ0) is 12.6. The third-order valence-electron chi connectivity index (χ3n) is 2.42. The molecule has 0 bridgehead atoms. The fourth-order valence-electron chi connectivity index (χ4n) is 1.51. The van der Waals surface area contributed by atoms with Gasteiger partial charge in [-0.1, -0.05) is 30.3 Å². The van der Waals surface area contributed by atoms with E-state index in [1.165, 1.54) is 12.1 Å². The molecule has 1 nitrogen and oxygen atoms in total. The van der Waals surface area contributed by atoms with Crippen molar-refractivity contribution < 1.29 is 9.13 Å². The average Bonchev–Trinajstić information content (AvgIpc) is 2.42. The first kappa shape index (κ1) is 13.0. The van der Waals surface area contributed by atoms with Gasteiger partial charge in [-0.25, -0.2) is 4.39 Å². The van der Waals surface area contributed by atoms with E-state index in [9.17, 15) is 4.39 Å². The van der Waals surface area contributed by atoms with Crippen LogP contribution in [0.15, 0.2) is 54.6 Å². The minimum absolute atomic E-state index is 0.184. The number of ether oxygens (including phenoxy) is 1. The van der Waals surface area contributed by atoms with Gasteiger partial charge in [0.25, 0.3) is 0 Å². The molecule has 0 aromatic heterocycles. The molecule has 0 heterocycles. The second-order valence-corrected chi connectivity index (χ2v) is 4.95. The van der Waals surface area contributed by atoms with Crippen molar-refractivity contribution in [3.8, 4) is 5.75 Å². The minimum atomic E-state index is -0.184. The molecule has 0 saturated heterocycles. The zero-order valence-electron chi connectivity index (χ0n) is 10.0. The van der Waals surface area contributed by atoms with Gasteiger partial charge in [0.05, 0.1) is 6.61 Å². The van der Waals surface area contributed by atoms with Gasteiger partial charge in [0, 0.05) is 11.5 Å². The molecular formula is C15H15FOS. The summed E-state index contributed by atoms with van der Waals surface area (Å²) in [5.74, 6) is 2.53. The van der Waals surface area contributed by atoms with Crippen LogP contribution in [0.1, 0.15) is 5.56 Å². The van der Waals surface area contributed by atoms with Gasteiger partial charge in [-0.3, -0.25) is 0 Å². The van der Waals surface area contributed by atoms with Gasteiger partial charge in [-0.2, -0.15) is 11.8 Å². The Kier molecular flexibility index (Phi) is 5.09. The molecule has 0 spiro atoms. The maximum absolute atomic E-state index is 12.7. The second kappa shape index (κ2) is 7.07. The third-order valence-corrected chi connectivity index (χ3v) is 3.41. The largest absolute Gasteiger partial charge is 0.493 e. The van der Waals surface area contributed by atoms with Crippen LogP contribution in [0, 0.1) is 5.82 Å². The van der Waals surface area contributed by atoms with Gasteiger partial charge in [0.2, 0.25) is 0 Å². The number of halogens is 1. The predicted molar refractivity (Wildman–Crippen MR) is 74.5 cm³/mol. The van der Waals surface area contributed by atoms with E-state index in [0.29, 0.717) is 6.61 Å². The molecule has 0 aliphatic rings. The van der Waals surface area contributed by atoms with Crippen LogP contribution >= 0.6 is 11.8 Å². The Balaban J connectivity index is 1.63. The molecule has 18 heavy (non-hydrogen) atoms. The minimum Gasteiger partial charge on any atom is -0.493 e. The maximum atomic E-state index is 12.7. The van der Waals surface area contributed by atoms with Crippen molar-refractivity contribution in [2.75, 3.05) is 12.4 Å². The van der Waals surface area contributed by atoms with Gasteiger partial charge in [0.15, 0.2) is 0 Å². The van der Waals surface area contributed by atoms with Crippen LogP contribution in [0.5, 0.6) is 5.75 Å². The summed E-state index contributed by atoms with van der Waals surface area (Å²) in [6.45, 7) is 0.690. The fraction of sp³-hybridized carbons (Fsp3) is 0.200. The van der Waals surface area contributed by atoms with E-state index in [0.717, 1.165) is 22.8 Å². The first-order valence-corrected chi connectivity index (χ1v) is 7.00. The van der Waals surface area contributed by atoms with E-state index in [1.807, 2.05) is 42.5 Å². The summed E-state index contributed by atoms with van der Waals surface area (Å²) < 4.78 is 18.3. The van der Waals surface area contributed by atoms with Crippen molar-refractivity contribution in [1.82, 2.24) is 0 Å². The first-order valence-electron chi connectivity index (χ1n) is 5.84. The first-order chi connectivity index (χ1) is 8.84. The summed E-state index contributed by atoms with van der Waals surface area (Å²) in [4.78, 5) is 0. The Labute approximate surface area is 111 Å². The number of hydrogen-bond acceptors (Lipinski definition) is 2. The van der Waals surface area contributed by atoms with Crippen LogP contribution < -0.4 is 4.74 Å². The van der Waals surface area contributed by atoms with Gasteiger partial charge in [-0.05, 0) is 29.8 Å². The monoisotopic (exact) mass is 262 g/mol. The molecule has 0 aliphatic carbocycles. The highest BCUT2D eigenvalue weighted by molar-refractivity contribution is 7.98. The predicted octanol–water partition coefficient (Wildman–Crippen LogP) is 4.14. The molecule has 3 heteroatoms. The van der Waals surface area contributed by atoms with E-state index >= 15 is 0 Å². The lowest BCUT2D eigenvalue weighted by molar-refractivity contribution is 0.344. The lowest BCUT2D eigenvalue weighted by Gasteiger charge is -2.05. The Morgan fingerprint density at radius 2 is 1.67 bits per heavy atom. The highest BCUT2D eigenvalue weighted by Gasteiger charge is 1.96. The van der Waals surface area contributed by atoms with Gasteiger partial charge < -0.3 is 4.74 Å². The summed E-state index contributed by atoms with van der Waals surface area (Å²) in [7, 11) is 0. The molecule has 2 aromatic carbocycles. The number of thioether (sulfide) groups is 1. The Morgan fingerprint density at radius 3 is 2.39 bits per heavy atom. The van der Waals surface area contributed by atoms with Crippen molar-refractivity contribution in [3.05, 3.63) is 66.0 Å². The third kappa shape index (κ3) is 4.41. The maximum Gasteiger partial charge on any atom is 0.123 e. The SMILES string of the molecule is Fc1ccc(CSCCOc2ccccc2)cc1. The second-order valence-electron chi connectivity index (χ2n) is 3.84. The standard InChI is InChI=1S/C15H15FOS/c16-14-8-6-13(7-9-14)12-18-11-10-17-15-4-2-1-3-5-15/h1-9H,10-12H2. The molecule has 0 fully saturated rings. The smallest absolute Gasteiger partial charge is 0.123 e. The molecule has 0 aliphatic heterocycles. The van der Waals surface area contributed by atoms with Crippen LogP contribution in [0.2, 0.25) is 0 Å². The number of rotatable bonds is 6. The molecule has 94 valence electrons. The summed E-state index contributed by atoms with van der Waals surface area (Å²) in [6, 6.07) is 16.4. The summed E-state index contributed by atoms with van der Waals surface area (Å²) in [6.07, 6.45) is 0. The van der Waals surface area contributed by atoms with Gasteiger partial charge >= 0.3 is 0 Å². The van der Waals surface area contributed by atoms with E-state index in [-0.39, 0.29) is 5.82 Å². The molecule has 2 rings (SSSR count). The molecule has 0 N–H and O–H groups in total. The van der Waals surface area contributed by atoms with Gasteiger partial charge in [-0.15, -0.1) is 0 Å². The van der Waals surface area contributed by atoms with Crippen molar-refractivity contribution in [2.45, 2.75) is 5.75 Å². The fourth-order valence-corrected chi connectivity index (χ4v) is 2.28. The summed E-state index contributed by atoms with van der Waals surface area (Å²) in [5.41, 5.74) is 1.14. The van der Waals surface area contributed by atoms with Crippen LogP contribution in [0.4, 0.5) is 4.39 Å².